The molecule has 20 heavy (non-hydrogen) atoms. The number of thiophene rings is 1. The molecule has 5 heteroatoms. The van der Waals surface area contributed by atoms with Crippen LogP contribution < -0.4 is 0 Å². The number of aromatic nitrogens is 1. The van der Waals surface area contributed by atoms with Crippen LogP contribution in [0.5, 0.6) is 0 Å². The summed E-state index contributed by atoms with van der Waals surface area (Å²) in [5.74, 6) is 3.12. The highest BCUT2D eigenvalue weighted by Crippen LogP contribution is 2.52. The molecule has 3 atom stereocenters. The predicted molar refractivity (Wildman–Crippen MR) is 76.3 cm³/mol. The molecule has 0 spiro atoms. The van der Waals surface area contributed by atoms with Crippen molar-refractivity contribution >= 4 is 11.3 Å². The Kier molecular flexibility index (Phi) is 2.93. The number of aryl methyl sites for hydroxylation is 1. The monoisotopic (exact) mass is 292 g/mol. The van der Waals surface area contributed by atoms with Gasteiger partial charge in [-0.15, -0.1) is 0 Å². The summed E-state index contributed by atoms with van der Waals surface area (Å²) in [7, 11) is 0. The molecule has 2 aromatic rings. The van der Waals surface area contributed by atoms with Gasteiger partial charge in [0.15, 0.2) is 0 Å². The Morgan fingerprint density at radius 1 is 1.45 bits per heavy atom. The zero-order valence-electron chi connectivity index (χ0n) is 11.4. The van der Waals surface area contributed by atoms with Gasteiger partial charge in [-0.2, -0.15) is 11.3 Å². The van der Waals surface area contributed by atoms with Gasteiger partial charge in [-0.25, -0.2) is 4.98 Å². The maximum Gasteiger partial charge on any atom is 0.227 e. The standard InChI is InChI=1S/C15H17FN2OS/c1-9-14(17-15(19-9)10-2-3-20-8-10)7-18-5-12-11(4-16)13(12)6-18/h2-3,8,11-13H,4-7H2,1H3/t11?,12-,13+. The molecule has 0 bridgehead atoms. The molecule has 2 fully saturated rings. The highest BCUT2D eigenvalue weighted by atomic mass is 32.1. The quantitative estimate of drug-likeness (QED) is 0.865. The minimum absolute atomic E-state index is 0.144. The average Bonchev–Trinajstić information content (AvgIpc) is 2.94. The first-order valence-corrected chi connectivity index (χ1v) is 7.97. The number of oxazole rings is 1. The summed E-state index contributed by atoms with van der Waals surface area (Å²) in [6.45, 7) is 4.68. The van der Waals surface area contributed by atoms with Crippen molar-refractivity contribution in [2.24, 2.45) is 17.8 Å². The maximum atomic E-state index is 12.6. The second-order valence-electron chi connectivity index (χ2n) is 5.87. The Morgan fingerprint density at radius 3 is 2.90 bits per heavy atom. The van der Waals surface area contributed by atoms with Crippen LogP contribution in [0.4, 0.5) is 4.39 Å². The van der Waals surface area contributed by atoms with Crippen LogP contribution in [0.1, 0.15) is 11.5 Å². The Hall–Kier alpha value is -1.20. The van der Waals surface area contributed by atoms with E-state index >= 15 is 0 Å². The molecular weight excluding hydrogens is 275 g/mol. The highest BCUT2D eigenvalue weighted by molar-refractivity contribution is 7.08. The fourth-order valence-electron chi connectivity index (χ4n) is 3.39. The fourth-order valence-corrected chi connectivity index (χ4v) is 4.02. The van der Waals surface area contributed by atoms with E-state index in [-0.39, 0.29) is 6.67 Å². The molecule has 1 saturated carbocycles. The lowest BCUT2D eigenvalue weighted by atomic mass is 10.2. The molecule has 1 aliphatic carbocycles. The molecule has 0 N–H and O–H groups in total. The van der Waals surface area contributed by atoms with Gasteiger partial charge in [0.1, 0.15) is 5.76 Å². The van der Waals surface area contributed by atoms with Gasteiger partial charge in [0.2, 0.25) is 5.89 Å². The van der Waals surface area contributed by atoms with Gasteiger partial charge in [-0.3, -0.25) is 9.29 Å². The van der Waals surface area contributed by atoms with E-state index in [1.807, 2.05) is 23.8 Å². The number of rotatable bonds is 4. The molecule has 3 heterocycles. The van der Waals surface area contributed by atoms with E-state index in [1.165, 1.54) is 0 Å². The Labute approximate surface area is 121 Å². The summed E-state index contributed by atoms with van der Waals surface area (Å²) in [6.07, 6.45) is 0. The van der Waals surface area contributed by atoms with E-state index in [4.69, 9.17) is 4.42 Å². The number of alkyl halides is 1. The topological polar surface area (TPSA) is 29.3 Å². The number of piperidine rings is 1. The lowest BCUT2D eigenvalue weighted by Crippen LogP contribution is -2.24. The summed E-state index contributed by atoms with van der Waals surface area (Å²) in [6, 6.07) is 2.02. The minimum atomic E-state index is -0.144. The number of hydrogen-bond donors (Lipinski definition) is 0. The van der Waals surface area contributed by atoms with Crippen LogP contribution in [0.15, 0.2) is 21.2 Å². The third kappa shape index (κ3) is 2.00. The van der Waals surface area contributed by atoms with Crippen LogP contribution in [0.2, 0.25) is 0 Å². The van der Waals surface area contributed by atoms with E-state index in [2.05, 4.69) is 9.88 Å². The Bertz CT molecular complexity index is 597. The molecule has 4 rings (SSSR count). The van der Waals surface area contributed by atoms with E-state index in [9.17, 15) is 4.39 Å². The van der Waals surface area contributed by atoms with Crippen molar-refractivity contribution in [3.63, 3.8) is 0 Å². The number of likely N-dealkylation sites (tertiary alicyclic amines) is 1. The van der Waals surface area contributed by atoms with Gasteiger partial charge in [-0.1, -0.05) is 0 Å². The molecule has 1 saturated heterocycles. The van der Waals surface area contributed by atoms with Crippen LogP contribution in [0.25, 0.3) is 11.5 Å². The van der Waals surface area contributed by atoms with Crippen molar-refractivity contribution in [3.8, 4) is 11.5 Å². The molecule has 1 unspecified atom stereocenters. The smallest absolute Gasteiger partial charge is 0.227 e. The third-order valence-electron chi connectivity index (χ3n) is 4.66. The molecule has 0 amide bonds. The van der Waals surface area contributed by atoms with E-state index in [0.717, 1.165) is 36.7 Å². The highest BCUT2D eigenvalue weighted by Gasteiger charge is 2.55. The SMILES string of the molecule is Cc1oc(-c2ccsc2)nc1CN1C[C@@H]2C(CF)[C@@H]2C1. The van der Waals surface area contributed by atoms with Gasteiger partial charge in [0, 0.05) is 30.6 Å². The van der Waals surface area contributed by atoms with Crippen LogP contribution >= 0.6 is 11.3 Å². The minimum Gasteiger partial charge on any atom is -0.441 e. The fraction of sp³-hybridized carbons (Fsp3) is 0.533. The number of hydrogen-bond acceptors (Lipinski definition) is 4. The lowest BCUT2D eigenvalue weighted by molar-refractivity contribution is 0.259. The predicted octanol–water partition coefficient (Wildman–Crippen LogP) is 3.36. The summed E-state index contributed by atoms with van der Waals surface area (Å²) >= 11 is 1.65. The van der Waals surface area contributed by atoms with Gasteiger partial charge < -0.3 is 4.42 Å². The normalized spacial score (nSPS) is 28.8. The lowest BCUT2D eigenvalue weighted by Gasteiger charge is -2.17. The van der Waals surface area contributed by atoms with Gasteiger partial charge in [0.25, 0.3) is 0 Å². The summed E-state index contributed by atoms with van der Waals surface area (Å²) in [4.78, 5) is 7.00. The second kappa shape index (κ2) is 4.67. The molecular formula is C15H17FN2OS. The van der Waals surface area contributed by atoms with Crippen molar-refractivity contribution in [1.82, 2.24) is 9.88 Å². The number of nitrogens with zero attached hydrogens (tertiary/aromatic N) is 2. The van der Waals surface area contributed by atoms with Crippen molar-refractivity contribution in [2.75, 3.05) is 19.8 Å². The first kappa shape index (κ1) is 12.5. The van der Waals surface area contributed by atoms with Gasteiger partial charge in [-0.05, 0) is 36.1 Å². The second-order valence-corrected chi connectivity index (χ2v) is 6.65. The third-order valence-corrected chi connectivity index (χ3v) is 5.34. The summed E-state index contributed by atoms with van der Waals surface area (Å²) < 4.78 is 18.4. The molecule has 106 valence electrons. The number of halogens is 1. The van der Waals surface area contributed by atoms with Crippen molar-refractivity contribution in [1.29, 1.82) is 0 Å². The molecule has 2 aliphatic rings. The number of fused-ring (bicyclic) bond motifs is 1. The molecule has 3 nitrogen and oxygen atoms in total. The first-order valence-electron chi connectivity index (χ1n) is 7.03. The van der Waals surface area contributed by atoms with E-state index in [0.29, 0.717) is 23.6 Å². The van der Waals surface area contributed by atoms with Crippen molar-refractivity contribution < 1.29 is 8.81 Å². The maximum absolute atomic E-state index is 12.6. The largest absolute Gasteiger partial charge is 0.441 e. The Balaban J connectivity index is 1.45. The summed E-state index contributed by atoms with van der Waals surface area (Å²) in [5.41, 5.74) is 2.07. The van der Waals surface area contributed by atoms with Crippen molar-refractivity contribution in [2.45, 2.75) is 13.5 Å². The zero-order valence-corrected chi connectivity index (χ0v) is 12.2. The van der Waals surface area contributed by atoms with E-state index < -0.39 is 0 Å². The molecule has 1 aliphatic heterocycles. The molecule has 0 aromatic carbocycles. The average molecular weight is 292 g/mol. The van der Waals surface area contributed by atoms with Crippen LogP contribution in [0.3, 0.4) is 0 Å². The van der Waals surface area contributed by atoms with E-state index in [1.54, 1.807) is 11.3 Å². The van der Waals surface area contributed by atoms with Gasteiger partial charge >= 0.3 is 0 Å². The Morgan fingerprint density at radius 2 is 2.25 bits per heavy atom. The van der Waals surface area contributed by atoms with Crippen LogP contribution in [0, 0.1) is 24.7 Å². The summed E-state index contributed by atoms with van der Waals surface area (Å²) in [5, 5.41) is 4.07. The van der Waals surface area contributed by atoms with Crippen molar-refractivity contribution in [3.05, 3.63) is 28.3 Å². The zero-order chi connectivity index (χ0) is 13.7. The molecule has 0 radical (unpaired) electrons. The molecule has 2 aromatic heterocycles. The van der Waals surface area contributed by atoms with Gasteiger partial charge in [0.05, 0.1) is 12.4 Å². The van der Waals surface area contributed by atoms with Crippen LogP contribution in [-0.2, 0) is 6.54 Å². The van der Waals surface area contributed by atoms with Crippen LogP contribution in [-0.4, -0.2) is 29.6 Å². The first-order chi connectivity index (χ1) is 9.76.